The zero-order valence-electron chi connectivity index (χ0n) is 14.5. The molecule has 4 unspecified atom stereocenters. The van der Waals surface area contributed by atoms with Crippen LogP contribution in [0.4, 0.5) is 0 Å². The Kier molecular flexibility index (Phi) is 3.97. The van der Waals surface area contributed by atoms with Crippen LogP contribution in [0, 0.1) is 5.92 Å². The number of hydrogen-bond acceptors (Lipinski definition) is 3. The summed E-state index contributed by atoms with van der Waals surface area (Å²) in [5.41, 5.74) is 1.49. The van der Waals surface area contributed by atoms with E-state index in [0.29, 0.717) is 0 Å². The van der Waals surface area contributed by atoms with Gasteiger partial charge in [0, 0.05) is 11.5 Å². The smallest absolute Gasteiger partial charge is 0.169 e. The van der Waals surface area contributed by atoms with E-state index in [-0.39, 0.29) is 23.7 Å². The van der Waals surface area contributed by atoms with Gasteiger partial charge in [-0.3, -0.25) is 4.79 Å². The van der Waals surface area contributed by atoms with Crippen LogP contribution in [0.2, 0.25) is 0 Å². The number of carbonyl (C=O) groups is 1. The van der Waals surface area contributed by atoms with E-state index in [9.17, 15) is 4.79 Å². The van der Waals surface area contributed by atoms with Crippen LogP contribution in [-0.4, -0.2) is 24.6 Å². The molecule has 3 nitrogen and oxygen atoms in total. The van der Waals surface area contributed by atoms with Crippen molar-refractivity contribution < 1.29 is 14.3 Å². The van der Waals surface area contributed by atoms with Gasteiger partial charge >= 0.3 is 0 Å². The summed E-state index contributed by atoms with van der Waals surface area (Å²) in [6.07, 6.45) is 4.91. The third-order valence-corrected chi connectivity index (χ3v) is 5.55. The highest BCUT2D eigenvalue weighted by Crippen LogP contribution is 2.54. The average molecular weight is 334 g/mol. The molecule has 0 N–H and O–H groups in total. The molecule has 4 atom stereocenters. The van der Waals surface area contributed by atoms with Crippen molar-refractivity contribution >= 4 is 5.78 Å². The maximum atomic E-state index is 13.3. The summed E-state index contributed by atoms with van der Waals surface area (Å²) in [6, 6.07) is 17.6. The lowest BCUT2D eigenvalue weighted by Gasteiger charge is -2.33. The number of Topliss-reactive ketones (excluding diaryl/α,β-unsaturated/α-hetero) is 1. The molecular weight excluding hydrogens is 312 g/mol. The number of ketones is 1. The van der Waals surface area contributed by atoms with E-state index in [1.54, 1.807) is 7.11 Å². The summed E-state index contributed by atoms with van der Waals surface area (Å²) < 4.78 is 11.6. The van der Waals surface area contributed by atoms with Gasteiger partial charge in [0.25, 0.3) is 0 Å². The van der Waals surface area contributed by atoms with Gasteiger partial charge in [0.2, 0.25) is 0 Å². The quantitative estimate of drug-likeness (QED) is 0.601. The Hall–Kier alpha value is -2.39. The van der Waals surface area contributed by atoms with Crippen LogP contribution in [0.5, 0.6) is 5.75 Å². The van der Waals surface area contributed by atoms with Crippen molar-refractivity contribution in [1.82, 2.24) is 0 Å². The molecule has 2 aliphatic rings. The second-order valence-electron chi connectivity index (χ2n) is 6.76. The minimum absolute atomic E-state index is 0.0195. The molecule has 2 aromatic carbocycles. The van der Waals surface area contributed by atoms with Crippen molar-refractivity contribution in [2.75, 3.05) is 7.11 Å². The molecule has 0 radical (unpaired) electrons. The predicted molar refractivity (Wildman–Crippen MR) is 97.0 cm³/mol. The topological polar surface area (TPSA) is 35.5 Å². The van der Waals surface area contributed by atoms with E-state index in [1.807, 2.05) is 42.5 Å². The minimum atomic E-state index is -0.394. The van der Waals surface area contributed by atoms with Crippen molar-refractivity contribution in [3.05, 3.63) is 77.9 Å². The van der Waals surface area contributed by atoms with E-state index in [4.69, 9.17) is 9.47 Å². The van der Waals surface area contributed by atoms with Crippen LogP contribution in [0.1, 0.15) is 35.2 Å². The fourth-order valence-corrected chi connectivity index (χ4v) is 4.27. The van der Waals surface area contributed by atoms with Gasteiger partial charge in [0.1, 0.15) is 5.75 Å². The van der Waals surface area contributed by atoms with Crippen molar-refractivity contribution in [1.29, 1.82) is 0 Å². The zero-order chi connectivity index (χ0) is 17.4. The first-order valence-electron chi connectivity index (χ1n) is 8.79. The van der Waals surface area contributed by atoms with Crippen molar-refractivity contribution in [2.45, 2.75) is 31.0 Å². The van der Waals surface area contributed by atoms with Gasteiger partial charge in [-0.2, -0.15) is 0 Å². The molecule has 0 spiro atoms. The van der Waals surface area contributed by atoms with E-state index >= 15 is 0 Å². The van der Waals surface area contributed by atoms with E-state index in [0.717, 1.165) is 23.3 Å². The lowest BCUT2D eigenvalue weighted by molar-refractivity contribution is 0.0200. The largest absolute Gasteiger partial charge is 0.497 e. The molecule has 2 aromatic rings. The van der Waals surface area contributed by atoms with Gasteiger partial charge in [0.05, 0.1) is 24.7 Å². The number of methoxy groups -OCH3 is 1. The molecule has 1 saturated heterocycles. The summed E-state index contributed by atoms with van der Waals surface area (Å²) in [5, 5.41) is 0. The first kappa shape index (κ1) is 16.1. The van der Waals surface area contributed by atoms with Crippen LogP contribution >= 0.6 is 0 Å². The summed E-state index contributed by atoms with van der Waals surface area (Å²) in [7, 11) is 1.66. The Balaban J connectivity index is 1.76. The number of fused-ring (bicyclic) bond motifs is 2. The standard InChI is InChI=1S/C22H22O3/c1-3-22-14-13-18(25-22)19(21(23)16-7-5-4-6-8-16)20(22)15-9-11-17(24-2)12-10-15/h4-14,18-20H,3H2,1-2H3. The monoisotopic (exact) mass is 334 g/mol. The molecule has 128 valence electrons. The number of ether oxygens (including phenoxy) is 2. The maximum Gasteiger partial charge on any atom is 0.169 e. The molecule has 0 saturated carbocycles. The van der Waals surface area contributed by atoms with Crippen LogP contribution < -0.4 is 4.74 Å². The first-order chi connectivity index (χ1) is 12.2. The lowest BCUT2D eigenvalue weighted by Crippen LogP contribution is -2.36. The summed E-state index contributed by atoms with van der Waals surface area (Å²) in [6.45, 7) is 2.12. The highest BCUT2D eigenvalue weighted by atomic mass is 16.5. The lowest BCUT2D eigenvalue weighted by atomic mass is 9.68. The number of rotatable bonds is 5. The van der Waals surface area contributed by atoms with Crippen molar-refractivity contribution in [2.24, 2.45) is 5.92 Å². The molecule has 1 fully saturated rings. The molecular formula is C22H22O3. The van der Waals surface area contributed by atoms with Gasteiger partial charge in [-0.05, 0) is 24.1 Å². The Bertz CT molecular complexity index is 794. The summed E-state index contributed by atoms with van der Waals surface area (Å²) in [4.78, 5) is 13.3. The minimum Gasteiger partial charge on any atom is -0.497 e. The fourth-order valence-electron chi connectivity index (χ4n) is 4.27. The number of benzene rings is 2. The molecule has 4 rings (SSSR count). The van der Waals surface area contributed by atoms with Crippen LogP contribution in [0.25, 0.3) is 0 Å². The van der Waals surface area contributed by atoms with Gasteiger partial charge in [-0.25, -0.2) is 0 Å². The Labute approximate surface area is 148 Å². The van der Waals surface area contributed by atoms with Crippen LogP contribution in [-0.2, 0) is 4.74 Å². The molecule has 0 aromatic heterocycles. The second-order valence-corrected chi connectivity index (χ2v) is 6.76. The third-order valence-electron chi connectivity index (χ3n) is 5.55. The first-order valence-corrected chi connectivity index (χ1v) is 8.79. The molecule has 2 aliphatic heterocycles. The number of carbonyl (C=O) groups excluding carboxylic acids is 1. The maximum absolute atomic E-state index is 13.3. The van der Waals surface area contributed by atoms with Crippen molar-refractivity contribution in [3.63, 3.8) is 0 Å². The zero-order valence-corrected chi connectivity index (χ0v) is 14.5. The highest BCUT2D eigenvalue weighted by Gasteiger charge is 2.58. The Morgan fingerprint density at radius 2 is 1.84 bits per heavy atom. The van der Waals surface area contributed by atoms with E-state index < -0.39 is 5.60 Å². The fraction of sp³-hybridized carbons (Fsp3) is 0.318. The molecule has 3 heteroatoms. The van der Waals surface area contributed by atoms with E-state index in [2.05, 4.69) is 31.2 Å². The Morgan fingerprint density at radius 3 is 2.48 bits per heavy atom. The normalized spacial score (nSPS) is 29.8. The molecule has 2 heterocycles. The van der Waals surface area contributed by atoms with Gasteiger partial charge in [-0.1, -0.05) is 61.5 Å². The van der Waals surface area contributed by atoms with Gasteiger partial charge in [0.15, 0.2) is 5.78 Å². The highest BCUT2D eigenvalue weighted by molar-refractivity contribution is 5.99. The van der Waals surface area contributed by atoms with Crippen LogP contribution in [0.3, 0.4) is 0 Å². The average Bonchev–Trinajstić information content (AvgIpc) is 3.25. The Morgan fingerprint density at radius 1 is 1.12 bits per heavy atom. The third kappa shape index (κ3) is 2.50. The summed E-state index contributed by atoms with van der Waals surface area (Å²) in [5.74, 6) is 0.804. The second kappa shape index (κ2) is 6.16. The SMILES string of the molecule is CCC12C=CC(O1)C(C(=O)c1ccccc1)C2c1ccc(OC)cc1. The van der Waals surface area contributed by atoms with E-state index in [1.165, 1.54) is 0 Å². The van der Waals surface area contributed by atoms with Crippen molar-refractivity contribution in [3.8, 4) is 5.75 Å². The molecule has 25 heavy (non-hydrogen) atoms. The summed E-state index contributed by atoms with van der Waals surface area (Å²) >= 11 is 0. The molecule has 0 amide bonds. The predicted octanol–water partition coefficient (Wildman–Crippen LogP) is 4.40. The van der Waals surface area contributed by atoms with Crippen LogP contribution in [0.15, 0.2) is 66.7 Å². The molecule has 0 aliphatic carbocycles. The number of hydrogen-bond donors (Lipinski definition) is 0. The molecule has 2 bridgehead atoms. The van der Waals surface area contributed by atoms with Gasteiger partial charge in [-0.15, -0.1) is 0 Å². The van der Waals surface area contributed by atoms with Gasteiger partial charge < -0.3 is 9.47 Å².